The van der Waals surface area contributed by atoms with Gasteiger partial charge >= 0.3 is 6.09 Å². The van der Waals surface area contributed by atoms with Gasteiger partial charge in [0.25, 0.3) is 0 Å². The molecule has 1 amide bonds. The van der Waals surface area contributed by atoms with Crippen molar-refractivity contribution in [3.05, 3.63) is 24.4 Å². The highest BCUT2D eigenvalue weighted by Gasteiger charge is 2.23. The SMILES string of the molecule is C=C1CN(C(=O)OC(C)(C)C)C=CC1C. The molecule has 3 nitrogen and oxygen atoms in total. The van der Waals surface area contributed by atoms with E-state index in [0.717, 1.165) is 5.57 Å². The molecule has 0 N–H and O–H groups in total. The molecular weight excluding hydrogens is 190 g/mol. The maximum absolute atomic E-state index is 11.7. The quantitative estimate of drug-likeness (QED) is 0.574. The molecule has 0 saturated carbocycles. The Morgan fingerprint density at radius 3 is 2.67 bits per heavy atom. The molecule has 1 rings (SSSR count). The van der Waals surface area contributed by atoms with Crippen molar-refractivity contribution >= 4 is 6.09 Å². The average molecular weight is 209 g/mol. The van der Waals surface area contributed by atoms with Crippen LogP contribution in [0.2, 0.25) is 0 Å². The Morgan fingerprint density at radius 1 is 1.60 bits per heavy atom. The molecular formula is C12H19NO2. The molecule has 15 heavy (non-hydrogen) atoms. The maximum atomic E-state index is 11.7. The van der Waals surface area contributed by atoms with E-state index < -0.39 is 5.60 Å². The van der Waals surface area contributed by atoms with Crippen molar-refractivity contribution in [2.45, 2.75) is 33.3 Å². The van der Waals surface area contributed by atoms with Crippen LogP contribution in [-0.4, -0.2) is 23.1 Å². The fraction of sp³-hybridized carbons (Fsp3) is 0.583. The molecule has 0 aromatic heterocycles. The van der Waals surface area contributed by atoms with Gasteiger partial charge in [0.05, 0.1) is 0 Å². The van der Waals surface area contributed by atoms with E-state index in [-0.39, 0.29) is 6.09 Å². The minimum Gasteiger partial charge on any atom is -0.443 e. The largest absolute Gasteiger partial charge is 0.443 e. The second-order valence-electron chi connectivity index (χ2n) is 4.90. The van der Waals surface area contributed by atoms with Crippen molar-refractivity contribution in [1.82, 2.24) is 4.90 Å². The van der Waals surface area contributed by atoms with Gasteiger partial charge in [0.1, 0.15) is 5.60 Å². The highest BCUT2D eigenvalue weighted by molar-refractivity contribution is 5.70. The summed E-state index contributed by atoms with van der Waals surface area (Å²) in [7, 11) is 0. The van der Waals surface area contributed by atoms with Gasteiger partial charge in [-0.2, -0.15) is 0 Å². The second-order valence-corrected chi connectivity index (χ2v) is 4.90. The van der Waals surface area contributed by atoms with Crippen LogP contribution in [0.5, 0.6) is 0 Å². The van der Waals surface area contributed by atoms with E-state index in [4.69, 9.17) is 4.74 Å². The van der Waals surface area contributed by atoms with E-state index in [1.165, 1.54) is 0 Å². The lowest BCUT2D eigenvalue weighted by Crippen LogP contribution is -2.36. The minimum absolute atomic E-state index is 0.313. The predicted octanol–water partition coefficient (Wildman–Crippen LogP) is 2.94. The lowest BCUT2D eigenvalue weighted by molar-refractivity contribution is 0.0340. The minimum atomic E-state index is -0.449. The van der Waals surface area contributed by atoms with E-state index in [1.54, 1.807) is 11.1 Å². The van der Waals surface area contributed by atoms with E-state index in [2.05, 4.69) is 13.5 Å². The summed E-state index contributed by atoms with van der Waals surface area (Å²) < 4.78 is 5.26. The van der Waals surface area contributed by atoms with Gasteiger partial charge in [0.2, 0.25) is 0 Å². The van der Waals surface area contributed by atoms with Crippen molar-refractivity contribution in [2.75, 3.05) is 6.54 Å². The van der Waals surface area contributed by atoms with Gasteiger partial charge in [-0.1, -0.05) is 25.2 Å². The summed E-state index contributed by atoms with van der Waals surface area (Å²) in [6, 6.07) is 0. The fourth-order valence-electron chi connectivity index (χ4n) is 1.23. The molecule has 1 aliphatic rings. The van der Waals surface area contributed by atoms with Crippen molar-refractivity contribution in [2.24, 2.45) is 5.92 Å². The molecule has 1 aliphatic heterocycles. The Balaban J connectivity index is 2.63. The Kier molecular flexibility index (Phi) is 3.22. The zero-order valence-electron chi connectivity index (χ0n) is 9.91. The molecule has 0 fully saturated rings. The van der Waals surface area contributed by atoms with Crippen LogP contribution in [0.15, 0.2) is 24.4 Å². The summed E-state index contributed by atoms with van der Waals surface area (Å²) in [5, 5.41) is 0. The van der Waals surface area contributed by atoms with E-state index >= 15 is 0 Å². The van der Waals surface area contributed by atoms with E-state index in [0.29, 0.717) is 12.5 Å². The van der Waals surface area contributed by atoms with Gasteiger partial charge in [0.15, 0.2) is 0 Å². The number of ether oxygens (including phenoxy) is 1. The van der Waals surface area contributed by atoms with Crippen LogP contribution in [0.4, 0.5) is 4.79 Å². The average Bonchev–Trinajstić information content (AvgIpc) is 2.06. The molecule has 1 atom stereocenters. The second kappa shape index (κ2) is 4.09. The van der Waals surface area contributed by atoms with Gasteiger partial charge in [-0.3, -0.25) is 4.90 Å². The predicted molar refractivity (Wildman–Crippen MR) is 60.4 cm³/mol. The van der Waals surface area contributed by atoms with Crippen LogP contribution in [0.3, 0.4) is 0 Å². The van der Waals surface area contributed by atoms with Gasteiger partial charge < -0.3 is 4.74 Å². The van der Waals surface area contributed by atoms with Crippen LogP contribution in [0.1, 0.15) is 27.7 Å². The number of carbonyl (C=O) groups excluding carboxylic acids is 1. The first kappa shape index (κ1) is 11.8. The third kappa shape index (κ3) is 3.42. The first-order chi connectivity index (χ1) is 6.79. The van der Waals surface area contributed by atoms with E-state index in [9.17, 15) is 4.79 Å². The molecule has 0 aliphatic carbocycles. The van der Waals surface area contributed by atoms with Gasteiger partial charge in [-0.15, -0.1) is 0 Å². The highest BCUT2D eigenvalue weighted by atomic mass is 16.6. The van der Waals surface area contributed by atoms with Crippen LogP contribution >= 0.6 is 0 Å². The van der Waals surface area contributed by atoms with Crippen LogP contribution in [-0.2, 0) is 4.74 Å². The number of nitrogens with zero attached hydrogens (tertiary/aromatic N) is 1. The summed E-state index contributed by atoms with van der Waals surface area (Å²) in [6.07, 6.45) is 3.41. The normalized spacial score (nSPS) is 21.7. The van der Waals surface area contributed by atoms with E-state index in [1.807, 2.05) is 26.8 Å². The molecule has 0 aromatic rings. The molecule has 0 bridgehead atoms. The number of hydrogen-bond donors (Lipinski definition) is 0. The Labute approximate surface area is 91.4 Å². The molecule has 3 heteroatoms. The summed E-state index contributed by atoms with van der Waals surface area (Å²) in [4.78, 5) is 13.2. The summed E-state index contributed by atoms with van der Waals surface area (Å²) >= 11 is 0. The smallest absolute Gasteiger partial charge is 0.414 e. The van der Waals surface area contributed by atoms with Gasteiger partial charge in [-0.25, -0.2) is 4.79 Å². The molecule has 84 valence electrons. The fourth-order valence-corrected chi connectivity index (χ4v) is 1.23. The van der Waals surface area contributed by atoms with Crippen LogP contribution < -0.4 is 0 Å². The standard InChI is InChI=1S/C12H19NO2/c1-9-6-7-13(8-10(9)2)11(14)15-12(3,4)5/h6-7,9H,2,8H2,1,3-5H3. The molecule has 1 heterocycles. The molecule has 0 spiro atoms. The third-order valence-corrected chi connectivity index (χ3v) is 2.20. The summed E-state index contributed by atoms with van der Waals surface area (Å²) in [5.74, 6) is 0.337. The van der Waals surface area contributed by atoms with Gasteiger partial charge in [-0.05, 0) is 26.7 Å². The molecule has 0 saturated heterocycles. The number of rotatable bonds is 0. The van der Waals surface area contributed by atoms with Crippen molar-refractivity contribution < 1.29 is 9.53 Å². The van der Waals surface area contributed by atoms with Crippen molar-refractivity contribution in [3.63, 3.8) is 0 Å². The maximum Gasteiger partial charge on any atom is 0.414 e. The summed E-state index contributed by atoms with van der Waals surface area (Å²) in [6.45, 7) is 12.1. The summed E-state index contributed by atoms with van der Waals surface area (Å²) in [5.41, 5.74) is 0.582. The zero-order valence-corrected chi connectivity index (χ0v) is 9.91. The third-order valence-electron chi connectivity index (χ3n) is 2.20. The first-order valence-electron chi connectivity index (χ1n) is 5.15. The number of amides is 1. The monoisotopic (exact) mass is 209 g/mol. The highest BCUT2D eigenvalue weighted by Crippen LogP contribution is 2.19. The lowest BCUT2D eigenvalue weighted by Gasteiger charge is -2.29. The Morgan fingerprint density at radius 2 is 2.20 bits per heavy atom. The van der Waals surface area contributed by atoms with Crippen molar-refractivity contribution in [1.29, 1.82) is 0 Å². The Hall–Kier alpha value is -1.25. The molecule has 0 aromatic carbocycles. The first-order valence-corrected chi connectivity index (χ1v) is 5.15. The topological polar surface area (TPSA) is 29.5 Å². The Bertz CT molecular complexity index is 299. The lowest BCUT2D eigenvalue weighted by atomic mass is 10.00. The van der Waals surface area contributed by atoms with Crippen LogP contribution in [0.25, 0.3) is 0 Å². The van der Waals surface area contributed by atoms with Crippen molar-refractivity contribution in [3.8, 4) is 0 Å². The number of carbonyl (C=O) groups is 1. The number of allylic oxidation sites excluding steroid dienone is 1. The molecule has 0 radical (unpaired) electrons. The van der Waals surface area contributed by atoms with Crippen LogP contribution in [0, 0.1) is 5.92 Å². The number of hydrogen-bond acceptors (Lipinski definition) is 2. The zero-order chi connectivity index (χ0) is 11.6. The van der Waals surface area contributed by atoms with Gasteiger partial charge in [0, 0.05) is 12.7 Å². The molecule has 1 unspecified atom stereocenters.